The van der Waals surface area contributed by atoms with Crippen molar-refractivity contribution < 1.29 is 9.81 Å². The molecule has 7 nitrogen and oxygen atoms in total. The number of aromatic nitrogens is 1. The summed E-state index contributed by atoms with van der Waals surface area (Å²) in [6.07, 6.45) is 3.16. The standard InChI is InChI=1S/C14H22ClN5O2/c1-14(2,3)17-20(21)18-22-12-6-8-19(9-7-12)13-5-4-11(15)10-16-13/h4-5,10,12H,6-9H2,1-3H3,(H,17,18). The van der Waals surface area contributed by atoms with Gasteiger partial charge in [0, 0.05) is 32.1 Å². The van der Waals surface area contributed by atoms with E-state index in [9.17, 15) is 5.21 Å². The summed E-state index contributed by atoms with van der Waals surface area (Å²) in [6.45, 7) is 7.25. The van der Waals surface area contributed by atoms with Crippen LogP contribution in [-0.4, -0.2) is 34.7 Å². The summed E-state index contributed by atoms with van der Waals surface area (Å²) < 4.78 is 0. The van der Waals surface area contributed by atoms with Crippen molar-refractivity contribution in [3.63, 3.8) is 0 Å². The maximum Gasteiger partial charge on any atom is 0.233 e. The quantitative estimate of drug-likeness (QED) is 0.523. The lowest BCUT2D eigenvalue weighted by Crippen LogP contribution is -2.41. The van der Waals surface area contributed by atoms with Crippen molar-refractivity contribution in [3.05, 3.63) is 28.6 Å². The highest BCUT2D eigenvalue weighted by Gasteiger charge is 2.23. The van der Waals surface area contributed by atoms with Gasteiger partial charge in [0.1, 0.15) is 11.9 Å². The smallest absolute Gasteiger partial charge is 0.233 e. The molecule has 0 saturated carbocycles. The van der Waals surface area contributed by atoms with Crippen LogP contribution >= 0.6 is 11.6 Å². The van der Waals surface area contributed by atoms with E-state index in [-0.39, 0.29) is 11.6 Å². The SMILES string of the molecule is CC(C)(C)N/[N+]([O-])=N/OC1CCN(c2ccc(Cl)cn2)CC1. The van der Waals surface area contributed by atoms with Crippen LogP contribution in [-0.2, 0) is 4.84 Å². The second-order valence-electron chi connectivity index (χ2n) is 6.34. The zero-order valence-electron chi connectivity index (χ0n) is 13.1. The Labute approximate surface area is 135 Å². The molecule has 22 heavy (non-hydrogen) atoms. The molecule has 0 radical (unpaired) electrons. The highest BCUT2D eigenvalue weighted by Crippen LogP contribution is 2.20. The van der Waals surface area contributed by atoms with Gasteiger partial charge in [-0.15, -0.1) is 0 Å². The summed E-state index contributed by atoms with van der Waals surface area (Å²) in [5.74, 6) is 0.902. The summed E-state index contributed by atoms with van der Waals surface area (Å²) in [7, 11) is 0. The van der Waals surface area contributed by atoms with Gasteiger partial charge in [-0.3, -0.25) is 0 Å². The summed E-state index contributed by atoms with van der Waals surface area (Å²) in [5, 5.41) is 15.7. The van der Waals surface area contributed by atoms with Crippen molar-refractivity contribution in [1.29, 1.82) is 0 Å². The first-order valence-corrected chi connectivity index (χ1v) is 7.70. The van der Waals surface area contributed by atoms with Crippen LogP contribution in [0.5, 0.6) is 0 Å². The number of hydrogen-bond donors (Lipinski definition) is 1. The minimum Gasteiger partial charge on any atom is -0.569 e. The van der Waals surface area contributed by atoms with Gasteiger partial charge in [0.05, 0.1) is 15.5 Å². The summed E-state index contributed by atoms with van der Waals surface area (Å²) in [6, 6.07) is 3.73. The van der Waals surface area contributed by atoms with E-state index in [0.717, 1.165) is 31.7 Å². The van der Waals surface area contributed by atoms with Gasteiger partial charge in [-0.05, 0) is 32.9 Å². The summed E-state index contributed by atoms with van der Waals surface area (Å²) in [5.41, 5.74) is 2.30. The van der Waals surface area contributed by atoms with Crippen LogP contribution in [0.1, 0.15) is 33.6 Å². The number of anilines is 1. The number of pyridine rings is 1. The van der Waals surface area contributed by atoms with Crippen LogP contribution in [0.25, 0.3) is 0 Å². The Morgan fingerprint density at radius 2 is 2.09 bits per heavy atom. The second-order valence-corrected chi connectivity index (χ2v) is 6.78. The van der Waals surface area contributed by atoms with Gasteiger partial charge in [-0.2, -0.15) is 5.43 Å². The predicted molar refractivity (Wildman–Crippen MR) is 84.5 cm³/mol. The van der Waals surface area contributed by atoms with Crippen LogP contribution in [0.2, 0.25) is 5.02 Å². The van der Waals surface area contributed by atoms with E-state index in [1.54, 1.807) is 6.20 Å². The van der Waals surface area contributed by atoms with Crippen molar-refractivity contribution in [2.45, 2.75) is 45.3 Å². The van der Waals surface area contributed by atoms with Gasteiger partial charge < -0.3 is 14.9 Å². The lowest BCUT2D eigenvalue weighted by molar-refractivity contribution is -0.626. The number of rotatable bonds is 4. The molecule has 0 amide bonds. The van der Waals surface area contributed by atoms with Gasteiger partial charge in [0.2, 0.25) is 5.28 Å². The molecule has 2 rings (SSSR count). The number of hydrogen-bond acceptors (Lipinski definition) is 5. The van der Waals surface area contributed by atoms with Crippen molar-refractivity contribution in [2.75, 3.05) is 18.0 Å². The molecular weight excluding hydrogens is 306 g/mol. The minimum absolute atomic E-state index is 0.0539. The molecule has 1 aromatic heterocycles. The second kappa shape index (κ2) is 7.00. The van der Waals surface area contributed by atoms with E-state index in [0.29, 0.717) is 9.99 Å². The van der Waals surface area contributed by atoms with Gasteiger partial charge in [-0.1, -0.05) is 11.6 Å². The number of nitrogens with zero attached hydrogens (tertiary/aromatic N) is 4. The molecule has 0 aliphatic carbocycles. The maximum absolute atomic E-state index is 11.5. The van der Waals surface area contributed by atoms with Gasteiger partial charge in [0.15, 0.2) is 0 Å². The normalized spacial score (nSPS) is 17.5. The molecule has 1 aromatic rings. The first-order valence-electron chi connectivity index (χ1n) is 7.32. The first kappa shape index (κ1) is 16.6. The van der Waals surface area contributed by atoms with Crippen LogP contribution in [0.3, 0.4) is 0 Å². The number of halogens is 1. The van der Waals surface area contributed by atoms with E-state index < -0.39 is 0 Å². The van der Waals surface area contributed by atoms with Crippen molar-refractivity contribution in [1.82, 2.24) is 10.4 Å². The van der Waals surface area contributed by atoms with Gasteiger partial charge in [-0.25, -0.2) is 4.98 Å². The fourth-order valence-corrected chi connectivity index (χ4v) is 2.27. The van der Waals surface area contributed by atoms with Crippen LogP contribution in [0.15, 0.2) is 23.6 Å². The zero-order valence-corrected chi connectivity index (χ0v) is 13.9. The molecule has 1 aliphatic rings. The third-order valence-corrected chi connectivity index (χ3v) is 3.40. The molecule has 1 fully saturated rings. The molecule has 8 heteroatoms. The van der Waals surface area contributed by atoms with Crippen molar-refractivity contribution >= 4 is 17.4 Å². The lowest BCUT2D eigenvalue weighted by Gasteiger charge is -2.30. The average molecular weight is 328 g/mol. The molecule has 0 bridgehead atoms. The number of hydrazine groups is 1. The number of piperidine rings is 1. The van der Waals surface area contributed by atoms with Gasteiger partial charge in [0.25, 0.3) is 0 Å². The van der Waals surface area contributed by atoms with Crippen molar-refractivity contribution in [2.24, 2.45) is 5.28 Å². The van der Waals surface area contributed by atoms with Crippen LogP contribution in [0.4, 0.5) is 5.82 Å². The molecule has 0 spiro atoms. The molecule has 1 aliphatic heterocycles. The minimum atomic E-state index is -0.349. The lowest BCUT2D eigenvalue weighted by atomic mass is 10.1. The van der Waals surface area contributed by atoms with Crippen LogP contribution in [0, 0.1) is 5.21 Å². The molecule has 2 heterocycles. The van der Waals surface area contributed by atoms with E-state index in [2.05, 4.69) is 20.6 Å². The molecule has 0 unspecified atom stereocenters. The summed E-state index contributed by atoms with van der Waals surface area (Å²) >= 11 is 5.84. The Hall–Kier alpha value is -1.76. The third-order valence-electron chi connectivity index (χ3n) is 3.18. The average Bonchev–Trinajstić information content (AvgIpc) is 2.45. The molecule has 1 N–H and O–H groups in total. The Bertz CT molecular complexity index is 507. The maximum atomic E-state index is 11.5. The molecular formula is C14H22ClN5O2. The summed E-state index contributed by atoms with van der Waals surface area (Å²) in [4.78, 5) is 12.2. The fourth-order valence-electron chi connectivity index (χ4n) is 2.16. The van der Waals surface area contributed by atoms with E-state index in [1.165, 1.54) is 0 Å². The Kier molecular flexibility index (Phi) is 5.28. The van der Waals surface area contributed by atoms with E-state index >= 15 is 0 Å². The zero-order chi connectivity index (χ0) is 16.2. The molecule has 122 valence electrons. The molecule has 0 atom stereocenters. The van der Waals surface area contributed by atoms with Gasteiger partial charge >= 0.3 is 0 Å². The number of nitrogens with one attached hydrogen (secondary N) is 1. The monoisotopic (exact) mass is 327 g/mol. The first-order chi connectivity index (χ1) is 10.3. The molecule has 0 aromatic carbocycles. The Morgan fingerprint density at radius 3 is 2.64 bits per heavy atom. The Morgan fingerprint density at radius 1 is 1.41 bits per heavy atom. The van der Waals surface area contributed by atoms with Crippen LogP contribution < -0.4 is 10.3 Å². The van der Waals surface area contributed by atoms with E-state index in [4.69, 9.17) is 16.4 Å². The highest BCUT2D eigenvalue weighted by atomic mass is 35.5. The highest BCUT2D eigenvalue weighted by molar-refractivity contribution is 6.30. The van der Waals surface area contributed by atoms with E-state index in [1.807, 2.05) is 32.9 Å². The fraction of sp³-hybridized carbons (Fsp3) is 0.643. The topological polar surface area (TPSA) is 75.8 Å². The largest absolute Gasteiger partial charge is 0.569 e. The Balaban J connectivity index is 1.80. The third kappa shape index (κ3) is 5.22. The van der Waals surface area contributed by atoms with Crippen molar-refractivity contribution in [3.8, 4) is 0 Å². The predicted octanol–water partition coefficient (Wildman–Crippen LogP) is 2.90. The molecule has 1 saturated heterocycles.